The number of benzene rings is 21. The lowest BCUT2D eigenvalue weighted by atomic mass is 9.78. The maximum atomic E-state index is 8.80. The Hall–Kier alpha value is -14.6. The molecule has 0 aromatic heterocycles. The molecule has 0 saturated carbocycles. The van der Waals surface area contributed by atoms with Crippen LogP contribution in [0.4, 0.5) is 0 Å². The molecule has 21 aromatic rings. The molecule has 0 N–H and O–H groups in total. The van der Waals surface area contributed by atoms with E-state index in [4.69, 9.17) is 13.7 Å². The highest BCUT2D eigenvalue weighted by Gasteiger charge is 2.38. The molecule has 556 valence electrons. The van der Waals surface area contributed by atoms with Crippen molar-refractivity contribution in [1.82, 2.24) is 0 Å². The van der Waals surface area contributed by atoms with E-state index in [-0.39, 0.29) is 76.3 Å². The van der Waals surface area contributed by atoms with Gasteiger partial charge in [0, 0.05) is 10.8 Å². The van der Waals surface area contributed by atoms with Gasteiger partial charge < -0.3 is 0 Å². The Bertz CT molecular complexity index is 7940. The van der Waals surface area contributed by atoms with Gasteiger partial charge in [-0.05, 0) is 232 Å². The van der Waals surface area contributed by atoms with Crippen molar-refractivity contribution in [1.29, 1.82) is 0 Å². The van der Waals surface area contributed by atoms with E-state index in [0.29, 0.717) is 11.1 Å². The zero-order chi connectivity index (χ0) is 87.7. The van der Waals surface area contributed by atoms with Gasteiger partial charge in [0.05, 0.1) is 13.7 Å². The highest BCUT2D eigenvalue weighted by molar-refractivity contribution is 6.25. The Morgan fingerprint density at radius 3 is 0.992 bits per heavy atom. The fourth-order valence-electron chi connectivity index (χ4n) is 19.5. The number of hydrogen-bond donors (Lipinski definition) is 0. The van der Waals surface area contributed by atoms with Crippen LogP contribution in [-0.4, -0.2) is 0 Å². The summed E-state index contributed by atoms with van der Waals surface area (Å²) in [5, 5.41) is 15.4. The lowest BCUT2D eigenvalue weighted by Crippen LogP contribution is -2.16. The summed E-state index contributed by atoms with van der Waals surface area (Å²) in [5.41, 5.74) is 28.5. The predicted octanol–water partition coefficient (Wildman–Crippen LogP) is 32.7. The van der Waals surface area contributed by atoms with Crippen LogP contribution in [0, 0.1) is 0 Å². The molecule has 0 bridgehead atoms. The minimum Gasteiger partial charge on any atom is -0.0622 e. The highest BCUT2D eigenvalue weighted by atomic mass is 14.4. The van der Waals surface area contributed by atoms with Gasteiger partial charge in [0.15, 0.2) is 0 Å². The first-order valence-corrected chi connectivity index (χ1v) is 40.6. The first kappa shape index (κ1) is 61.0. The molecule has 118 heavy (non-hydrogen) atoms. The Morgan fingerprint density at radius 1 is 0.169 bits per heavy atom. The van der Waals surface area contributed by atoms with Gasteiger partial charge >= 0.3 is 0 Å². The first-order valence-electron chi connectivity index (χ1n) is 45.6. The summed E-state index contributed by atoms with van der Waals surface area (Å²) in [4.78, 5) is 0. The van der Waals surface area contributed by atoms with E-state index < -0.39 is 6.04 Å². The Balaban J connectivity index is 0.000000118. The van der Waals surface area contributed by atoms with E-state index in [1.54, 1.807) is 0 Å². The molecular weight excluding hydrogens is 1420 g/mol. The fraction of sp³-hybridized carbons (Fsp3) is 0.0508. The van der Waals surface area contributed by atoms with Gasteiger partial charge in [-0.25, -0.2) is 0 Å². The topological polar surface area (TPSA) is 0 Å². The Labute approximate surface area is 704 Å². The maximum absolute atomic E-state index is 8.80. The van der Waals surface area contributed by atoms with Crippen LogP contribution in [0.15, 0.2) is 437 Å². The van der Waals surface area contributed by atoms with Crippen LogP contribution in [-0.2, 0) is 10.8 Å². The van der Waals surface area contributed by atoms with Crippen molar-refractivity contribution in [3.8, 4) is 122 Å². The zero-order valence-corrected chi connectivity index (χ0v) is 65.8. The highest BCUT2D eigenvalue weighted by Crippen LogP contribution is 2.55. The van der Waals surface area contributed by atoms with Crippen molar-refractivity contribution >= 4 is 75.4 Å². The fourth-order valence-corrected chi connectivity index (χ4v) is 19.5. The maximum Gasteiger partial charge on any atom is 0.0629 e. The third-order valence-electron chi connectivity index (χ3n) is 24.8. The molecule has 2 aliphatic carbocycles. The molecule has 0 saturated heterocycles. The van der Waals surface area contributed by atoms with Crippen molar-refractivity contribution in [2.24, 2.45) is 0 Å². The Morgan fingerprint density at radius 2 is 0.483 bits per heavy atom. The minimum atomic E-state index is -0.396. The number of rotatable bonds is 9. The molecule has 0 nitrogen and oxygen atoms in total. The molecule has 0 radical (unpaired) electrons. The third-order valence-corrected chi connectivity index (χ3v) is 24.8. The molecule has 23 rings (SSSR count). The van der Waals surface area contributed by atoms with E-state index in [1.165, 1.54) is 116 Å². The third kappa shape index (κ3) is 12.0. The normalized spacial score (nSPS) is 13.9. The van der Waals surface area contributed by atoms with E-state index in [9.17, 15) is 0 Å². The Kier molecular flexibility index (Phi) is 15.2. The lowest BCUT2D eigenvalue weighted by molar-refractivity contribution is 0.660. The van der Waals surface area contributed by atoms with E-state index >= 15 is 0 Å². The van der Waals surface area contributed by atoms with E-state index in [1.807, 2.05) is 78.9 Å². The molecule has 2 aliphatic rings. The summed E-state index contributed by atoms with van der Waals surface area (Å²) in [6.45, 7) is 9.34. The van der Waals surface area contributed by atoms with Gasteiger partial charge in [0.2, 0.25) is 0 Å². The van der Waals surface area contributed by atoms with E-state index in [2.05, 4.69) is 325 Å². The molecule has 0 heterocycles. The summed E-state index contributed by atoms with van der Waals surface area (Å²) >= 11 is 0. The SMILES string of the molecule is CC1(C)c2ccccc2-c2ccc(-c3c4ccccc4c(-c4ccccc4)c4ccccc34)cc21.[2H]c1c([2H])c([2H])c(-c2c3ccccc3c(-c3ccc(-c4cccc5c4C(C)(C)c4ccccc4-5)cc3)c3ccccc23)c([2H])c1[2H].[2H]c1c([2H])c([2H])c(-c2ccccc2-c2c3ccccc3c(-c3ccc4cccc(-c5ccccc5)c4c3)c3ccccc23)c([2H])c1[2H]. The molecule has 0 unspecified atom stereocenters. The predicted molar refractivity (Wildman–Crippen MR) is 506 cm³/mol. The molecule has 0 spiro atoms. The molecular formula is C118H84. The van der Waals surface area contributed by atoms with Crippen molar-refractivity contribution < 1.29 is 13.7 Å². The minimum absolute atomic E-state index is 0.0163. The second-order valence-electron chi connectivity index (χ2n) is 31.9. The number of fused-ring (bicyclic) bond motifs is 13. The van der Waals surface area contributed by atoms with Crippen LogP contribution in [0.25, 0.3) is 198 Å². The second-order valence-corrected chi connectivity index (χ2v) is 31.9. The monoisotopic (exact) mass is 1510 g/mol. The summed E-state index contributed by atoms with van der Waals surface area (Å²) in [6, 6.07) is 130. The largest absolute Gasteiger partial charge is 0.0629 e. The summed E-state index contributed by atoms with van der Waals surface area (Å²) in [5.74, 6) is 0. The standard InChI is InChI=1S/C42H28.C41H30.C35H26/c1-3-14-29(15-4-1)33-19-7-8-20-35(33)42-38-23-11-9-21-36(38)41(37-22-10-12-24-39(37)42)32-27-26-31-18-13-25-34(40(31)28-32)30-16-5-2-6-17-30;1-41(2)37-22-11-10-15-31(37)36-21-12-20-30(40(36)41)27-23-25-29(26-24-27)39-34-18-8-6-16-32(34)38(28-13-4-3-5-14-28)33-17-7-9-19-35(33)39;1-35(2)31-19-11-10-14-25(31)26-21-20-24(22-32(26)35)34-29-17-8-6-15-27(29)33(23-12-4-3-5-13-23)28-16-7-9-18-30(28)34/h1-28H;3-26H,1-2H3;3-22H,1-2H3/i1D,3D,4D,14D,15D;3D,4D,5D,13D,14D;. The number of hydrogen-bond acceptors (Lipinski definition) is 0. The van der Waals surface area contributed by atoms with Gasteiger partial charge in [-0.1, -0.05) is 452 Å². The van der Waals surface area contributed by atoms with Gasteiger partial charge in [-0.3, -0.25) is 0 Å². The average Bonchev–Trinajstić information content (AvgIpc) is 1.59. The lowest BCUT2D eigenvalue weighted by Gasteiger charge is -2.24. The van der Waals surface area contributed by atoms with Crippen LogP contribution in [0.1, 0.15) is 63.7 Å². The van der Waals surface area contributed by atoms with Crippen LogP contribution < -0.4 is 0 Å². The summed E-state index contributed by atoms with van der Waals surface area (Å²) < 4.78 is 84.9. The van der Waals surface area contributed by atoms with E-state index in [0.717, 1.165) is 82.0 Å². The van der Waals surface area contributed by atoms with Crippen molar-refractivity contribution in [2.75, 3.05) is 0 Å². The smallest absolute Gasteiger partial charge is 0.0622 e. The van der Waals surface area contributed by atoms with Crippen molar-refractivity contribution in [2.45, 2.75) is 38.5 Å². The van der Waals surface area contributed by atoms with Crippen LogP contribution in [0.5, 0.6) is 0 Å². The first-order chi connectivity index (χ1) is 62.3. The van der Waals surface area contributed by atoms with Gasteiger partial charge in [0.1, 0.15) is 0 Å². The van der Waals surface area contributed by atoms with Crippen LogP contribution >= 0.6 is 0 Å². The molecule has 0 fully saturated rings. The molecule has 0 heteroatoms. The van der Waals surface area contributed by atoms with Crippen LogP contribution in [0.3, 0.4) is 0 Å². The molecule has 0 aliphatic heterocycles. The van der Waals surface area contributed by atoms with Crippen molar-refractivity contribution in [3.63, 3.8) is 0 Å². The molecule has 21 aromatic carbocycles. The zero-order valence-electron chi connectivity index (χ0n) is 75.8. The van der Waals surface area contributed by atoms with Gasteiger partial charge in [-0.15, -0.1) is 0 Å². The van der Waals surface area contributed by atoms with Crippen molar-refractivity contribution in [3.05, 3.63) is 459 Å². The summed E-state index contributed by atoms with van der Waals surface area (Å²) in [7, 11) is 0. The second kappa shape index (κ2) is 29.4. The van der Waals surface area contributed by atoms with Gasteiger partial charge in [-0.2, -0.15) is 0 Å². The quantitative estimate of drug-likeness (QED) is 0.126. The van der Waals surface area contributed by atoms with Gasteiger partial charge in [0.25, 0.3) is 0 Å². The molecule has 0 amide bonds. The summed E-state index contributed by atoms with van der Waals surface area (Å²) in [6.07, 6.45) is 0. The van der Waals surface area contributed by atoms with Crippen LogP contribution in [0.2, 0.25) is 0 Å². The average molecular weight is 1510 g/mol. The molecule has 0 atom stereocenters.